The minimum Gasteiger partial charge on any atom is -0.477 e. The van der Waals surface area contributed by atoms with Crippen LogP contribution in [0, 0.1) is 11.8 Å². The Morgan fingerprint density at radius 3 is 2.82 bits per heavy atom. The van der Waals surface area contributed by atoms with Crippen LogP contribution in [0.15, 0.2) is 10.6 Å². The Bertz CT molecular complexity index is 699. The fourth-order valence-corrected chi connectivity index (χ4v) is 6.16. The average Bonchev–Trinajstić information content (AvgIpc) is 3.33. The van der Waals surface area contributed by atoms with Gasteiger partial charge in [0.2, 0.25) is 5.91 Å². The molecule has 3 fully saturated rings. The molecule has 28 heavy (non-hydrogen) atoms. The van der Waals surface area contributed by atoms with Gasteiger partial charge in [0.15, 0.2) is 6.29 Å². The number of nitrogens with one attached hydrogen (secondary N) is 1. The molecule has 0 bridgehead atoms. The molecule has 0 spiro atoms. The number of nitrogens with zero attached hydrogens (tertiary/aromatic N) is 1. The number of aliphatic carboxylic acids is 1. The van der Waals surface area contributed by atoms with Gasteiger partial charge in [0, 0.05) is 22.6 Å². The molecule has 4 rings (SSSR count). The van der Waals surface area contributed by atoms with Crippen LogP contribution in [0.4, 0.5) is 0 Å². The molecule has 3 saturated heterocycles. The molecule has 0 aromatic heterocycles. The number of hydrogen-bond donors (Lipinski definition) is 4. The molecular weight excluding hydrogens is 388 g/mol. The number of carbonyl (C=O) groups excluding carboxylic acids is 1. The van der Waals surface area contributed by atoms with Crippen LogP contribution < -0.4 is 5.32 Å². The topological polar surface area (TPSA) is 129 Å². The van der Waals surface area contributed by atoms with Crippen molar-refractivity contribution in [3.63, 3.8) is 0 Å². The van der Waals surface area contributed by atoms with Gasteiger partial charge in [-0.3, -0.25) is 4.79 Å². The first kappa shape index (κ1) is 20.1. The van der Waals surface area contributed by atoms with E-state index in [1.54, 1.807) is 6.92 Å². The number of carboxylic acids is 1. The van der Waals surface area contributed by atoms with Crippen molar-refractivity contribution < 1.29 is 34.4 Å². The SMILES string of the molecule is C[C@@H](O)[C@H]1C(=O)N2C(C(=O)O)=C(S[C@@H]3CN[C@H]([C@H]4OC[C@H](CO)O4)C3)[C@H](C)[C@H]12. The van der Waals surface area contributed by atoms with Crippen LogP contribution in [0.1, 0.15) is 20.3 Å². The van der Waals surface area contributed by atoms with Crippen LogP contribution in [-0.4, -0.2) is 87.7 Å². The predicted octanol–water partition coefficient (Wildman–Crippen LogP) is -0.662. The van der Waals surface area contributed by atoms with Gasteiger partial charge in [-0.15, -0.1) is 11.8 Å². The van der Waals surface area contributed by atoms with Crippen molar-refractivity contribution in [3.8, 4) is 0 Å². The van der Waals surface area contributed by atoms with Gasteiger partial charge in [-0.25, -0.2) is 4.79 Å². The van der Waals surface area contributed by atoms with Crippen LogP contribution in [0.5, 0.6) is 0 Å². The number of thioether (sulfide) groups is 1. The Hall–Kier alpha value is -1.17. The number of β-lactam (4-membered cyclic amide) rings is 1. The van der Waals surface area contributed by atoms with Crippen LogP contribution >= 0.6 is 11.8 Å². The van der Waals surface area contributed by atoms with Crippen molar-refractivity contribution in [3.05, 3.63) is 10.6 Å². The smallest absolute Gasteiger partial charge is 0.353 e. The zero-order chi connectivity index (χ0) is 20.2. The summed E-state index contributed by atoms with van der Waals surface area (Å²) in [7, 11) is 0. The number of aliphatic hydroxyl groups excluding tert-OH is 2. The van der Waals surface area contributed by atoms with Gasteiger partial charge >= 0.3 is 5.97 Å². The van der Waals surface area contributed by atoms with Gasteiger partial charge in [-0.1, -0.05) is 6.92 Å². The van der Waals surface area contributed by atoms with Crippen molar-refractivity contribution in [1.82, 2.24) is 10.2 Å². The Morgan fingerprint density at radius 2 is 2.21 bits per heavy atom. The van der Waals surface area contributed by atoms with Crippen molar-refractivity contribution in [1.29, 1.82) is 0 Å². The van der Waals surface area contributed by atoms with Crippen LogP contribution in [0.3, 0.4) is 0 Å². The van der Waals surface area contributed by atoms with E-state index in [2.05, 4.69) is 5.32 Å². The summed E-state index contributed by atoms with van der Waals surface area (Å²) in [6, 6.07) is -0.318. The third kappa shape index (κ3) is 3.16. The lowest BCUT2D eigenvalue weighted by atomic mass is 9.79. The summed E-state index contributed by atoms with van der Waals surface area (Å²) < 4.78 is 11.3. The molecule has 0 saturated carbocycles. The van der Waals surface area contributed by atoms with Gasteiger partial charge in [-0.05, 0) is 13.3 Å². The molecule has 0 aliphatic carbocycles. The molecule has 0 aromatic rings. The fourth-order valence-electron chi connectivity index (χ4n) is 4.67. The Morgan fingerprint density at radius 1 is 1.46 bits per heavy atom. The second-order valence-electron chi connectivity index (χ2n) is 7.90. The zero-order valence-corrected chi connectivity index (χ0v) is 16.6. The number of carboxylic acid groups (broad SMARTS) is 1. The van der Waals surface area contributed by atoms with E-state index < -0.39 is 24.3 Å². The van der Waals surface area contributed by atoms with E-state index in [0.717, 1.165) is 6.42 Å². The Balaban J connectivity index is 1.46. The summed E-state index contributed by atoms with van der Waals surface area (Å²) in [6.07, 6.45) is -0.793. The molecule has 10 heteroatoms. The maximum atomic E-state index is 12.4. The van der Waals surface area contributed by atoms with Crippen LogP contribution in [0.2, 0.25) is 0 Å². The molecule has 8 atom stereocenters. The lowest BCUT2D eigenvalue weighted by Gasteiger charge is -2.46. The average molecular weight is 414 g/mol. The first-order chi connectivity index (χ1) is 13.3. The molecule has 9 nitrogen and oxygen atoms in total. The highest BCUT2D eigenvalue weighted by Crippen LogP contribution is 2.51. The summed E-state index contributed by atoms with van der Waals surface area (Å²) in [5.41, 5.74) is 0.0570. The largest absolute Gasteiger partial charge is 0.477 e. The molecule has 0 unspecified atom stereocenters. The fraction of sp³-hybridized carbons (Fsp3) is 0.778. The van der Waals surface area contributed by atoms with E-state index in [4.69, 9.17) is 9.47 Å². The Kier molecular flexibility index (Phi) is 5.45. The molecule has 0 aromatic carbocycles. The van der Waals surface area contributed by atoms with Crippen molar-refractivity contribution >= 4 is 23.6 Å². The number of hydrogen-bond acceptors (Lipinski definition) is 8. The molecule has 4 heterocycles. The maximum absolute atomic E-state index is 12.4. The molecule has 1 amide bonds. The van der Waals surface area contributed by atoms with Crippen molar-refractivity contribution in [2.45, 2.75) is 56.1 Å². The third-order valence-electron chi connectivity index (χ3n) is 6.03. The van der Waals surface area contributed by atoms with Crippen molar-refractivity contribution in [2.24, 2.45) is 11.8 Å². The molecule has 4 aliphatic rings. The van der Waals surface area contributed by atoms with Gasteiger partial charge < -0.3 is 35.0 Å². The number of ether oxygens (including phenoxy) is 2. The Labute approximate surface area is 167 Å². The summed E-state index contributed by atoms with van der Waals surface area (Å²) in [5, 5.41) is 32.3. The second-order valence-corrected chi connectivity index (χ2v) is 9.25. The predicted molar refractivity (Wildman–Crippen MR) is 99.1 cm³/mol. The minimum atomic E-state index is -1.11. The first-order valence-corrected chi connectivity index (χ1v) is 10.5. The highest BCUT2D eigenvalue weighted by atomic mass is 32.2. The highest BCUT2D eigenvalue weighted by Gasteiger charge is 2.60. The van der Waals surface area contributed by atoms with E-state index in [1.807, 2.05) is 6.92 Å². The van der Waals surface area contributed by atoms with Gasteiger partial charge in [0.05, 0.1) is 37.3 Å². The second kappa shape index (κ2) is 7.58. The highest BCUT2D eigenvalue weighted by molar-refractivity contribution is 8.03. The molecule has 156 valence electrons. The van der Waals surface area contributed by atoms with E-state index >= 15 is 0 Å². The third-order valence-corrected chi connectivity index (χ3v) is 7.55. The van der Waals surface area contributed by atoms with Gasteiger partial charge in [0.1, 0.15) is 11.8 Å². The van der Waals surface area contributed by atoms with Gasteiger partial charge in [0.25, 0.3) is 0 Å². The minimum absolute atomic E-state index is 0.0245. The molecule has 0 radical (unpaired) electrons. The monoisotopic (exact) mass is 414 g/mol. The van der Waals surface area contributed by atoms with Gasteiger partial charge in [-0.2, -0.15) is 0 Å². The number of fused-ring (bicyclic) bond motifs is 1. The number of amides is 1. The number of carbonyl (C=O) groups is 2. The van der Waals surface area contributed by atoms with E-state index in [0.29, 0.717) is 18.1 Å². The number of aliphatic hydroxyl groups is 2. The summed E-state index contributed by atoms with van der Waals surface area (Å²) in [5.74, 6) is -2.10. The van der Waals surface area contributed by atoms with E-state index in [9.17, 15) is 24.9 Å². The summed E-state index contributed by atoms with van der Waals surface area (Å²) >= 11 is 1.49. The molecular formula is C18H26N2O7S. The summed E-state index contributed by atoms with van der Waals surface area (Å²) in [4.78, 5) is 26.3. The number of rotatable bonds is 6. The molecule has 4 aliphatic heterocycles. The summed E-state index contributed by atoms with van der Waals surface area (Å²) in [6.45, 7) is 4.45. The quantitative estimate of drug-likeness (QED) is 0.419. The van der Waals surface area contributed by atoms with E-state index in [-0.39, 0.29) is 47.6 Å². The zero-order valence-electron chi connectivity index (χ0n) is 15.8. The first-order valence-electron chi connectivity index (χ1n) is 9.60. The van der Waals surface area contributed by atoms with Crippen LogP contribution in [0.25, 0.3) is 0 Å². The lowest BCUT2D eigenvalue weighted by molar-refractivity contribution is -0.163. The standard InChI is InChI=1S/C18H26N2O7S/c1-7-13-12(8(2)22)16(23)20(13)14(17(24)25)15(7)28-10-3-11(19-4-10)18-26-6-9(5-21)27-18/h7-13,18-19,21-22H,3-6H2,1-2H3,(H,24,25)/t7-,8-,9+,10+,11+,12-,13-,18+/m1/s1. The van der Waals surface area contributed by atoms with Crippen LogP contribution in [-0.2, 0) is 19.1 Å². The van der Waals surface area contributed by atoms with E-state index in [1.165, 1.54) is 16.7 Å². The molecule has 4 N–H and O–H groups in total. The van der Waals surface area contributed by atoms with Crippen molar-refractivity contribution in [2.75, 3.05) is 19.8 Å². The lowest BCUT2D eigenvalue weighted by Crippen LogP contribution is -2.63. The normalized spacial score (nSPS) is 41.4. The maximum Gasteiger partial charge on any atom is 0.353 e.